The summed E-state index contributed by atoms with van der Waals surface area (Å²) in [5, 5.41) is 0. The first kappa shape index (κ1) is 26.6. The van der Waals surface area contributed by atoms with Crippen molar-refractivity contribution in [2.75, 3.05) is 18.1 Å². The number of esters is 1. The first-order chi connectivity index (χ1) is 17.5. The van der Waals surface area contributed by atoms with E-state index in [4.69, 9.17) is 13.9 Å². The summed E-state index contributed by atoms with van der Waals surface area (Å²) >= 11 is 0. The van der Waals surface area contributed by atoms with Crippen molar-refractivity contribution in [1.29, 1.82) is 0 Å². The molecule has 3 amide bonds. The van der Waals surface area contributed by atoms with Gasteiger partial charge in [-0.3, -0.25) is 9.59 Å². The van der Waals surface area contributed by atoms with Crippen molar-refractivity contribution in [2.24, 2.45) is 5.92 Å². The van der Waals surface area contributed by atoms with E-state index >= 15 is 0 Å². The number of hydrogen-bond acceptors (Lipinski definition) is 7. The van der Waals surface area contributed by atoms with Gasteiger partial charge in [-0.25, -0.2) is 14.5 Å². The lowest BCUT2D eigenvalue weighted by Crippen LogP contribution is -2.63. The average molecular weight is 525 g/mol. The Kier molecular flexibility index (Phi) is 7.25. The molecule has 3 heterocycles. The Hall–Kier alpha value is -3.50. The van der Waals surface area contributed by atoms with E-state index in [0.717, 1.165) is 4.90 Å². The van der Waals surface area contributed by atoms with E-state index in [1.165, 1.54) is 17.1 Å². The number of amides is 3. The predicted molar refractivity (Wildman–Crippen MR) is 140 cm³/mol. The Morgan fingerprint density at radius 2 is 1.81 bits per heavy atom. The second-order valence-corrected chi connectivity index (χ2v) is 14.7. The van der Waals surface area contributed by atoms with Gasteiger partial charge in [0.1, 0.15) is 18.9 Å². The van der Waals surface area contributed by atoms with Crippen LogP contribution in [0.3, 0.4) is 0 Å². The summed E-state index contributed by atoms with van der Waals surface area (Å²) in [5.41, 5.74) is 2.50. The fourth-order valence-corrected chi connectivity index (χ4v) is 6.48. The molecule has 0 N–H and O–H groups in total. The summed E-state index contributed by atoms with van der Waals surface area (Å²) in [6.07, 6.45) is 2.28. The highest BCUT2D eigenvalue weighted by atomic mass is 28.4. The molecule has 1 fully saturated rings. The van der Waals surface area contributed by atoms with Gasteiger partial charge in [0.2, 0.25) is 11.8 Å². The smallest absolute Gasteiger partial charge is 0.421 e. The lowest BCUT2D eigenvalue weighted by atomic mass is 9.82. The van der Waals surface area contributed by atoms with Crippen LogP contribution < -0.4 is 4.90 Å². The Labute approximate surface area is 217 Å². The Bertz CT molecular complexity index is 1220. The second kappa shape index (κ2) is 10.1. The van der Waals surface area contributed by atoms with Gasteiger partial charge in [-0.15, -0.1) is 0 Å². The highest BCUT2D eigenvalue weighted by molar-refractivity contribution is 6.69. The van der Waals surface area contributed by atoms with E-state index < -0.39 is 26.3 Å². The fourth-order valence-electron chi connectivity index (χ4n) is 5.22. The Balaban J connectivity index is 1.70. The van der Waals surface area contributed by atoms with Crippen LogP contribution in [0.2, 0.25) is 19.6 Å². The zero-order valence-electron chi connectivity index (χ0n) is 21.6. The van der Waals surface area contributed by atoms with Crippen molar-refractivity contribution < 1.29 is 33.1 Å². The maximum atomic E-state index is 13.3. The van der Waals surface area contributed by atoms with Gasteiger partial charge in [-0.2, -0.15) is 0 Å². The molecule has 0 aliphatic carbocycles. The van der Waals surface area contributed by atoms with Crippen LogP contribution >= 0.6 is 0 Å². The van der Waals surface area contributed by atoms with E-state index in [9.17, 15) is 19.2 Å². The molecule has 4 rings (SSSR count). The molecule has 196 valence electrons. The van der Waals surface area contributed by atoms with Crippen molar-refractivity contribution in [3.05, 3.63) is 60.3 Å². The van der Waals surface area contributed by atoms with Crippen molar-refractivity contribution in [1.82, 2.24) is 4.90 Å². The van der Waals surface area contributed by atoms with E-state index in [0.29, 0.717) is 28.8 Å². The number of imide groups is 1. The summed E-state index contributed by atoms with van der Waals surface area (Å²) in [6.45, 7) is 15.2. The summed E-state index contributed by atoms with van der Waals surface area (Å²) in [4.78, 5) is 54.1. The second-order valence-electron chi connectivity index (χ2n) is 10.3. The number of anilines is 1. The fraction of sp³-hybridized carbons (Fsp3) is 0.407. The van der Waals surface area contributed by atoms with E-state index in [1.54, 1.807) is 18.2 Å². The molecule has 3 aliphatic rings. The quantitative estimate of drug-likeness (QED) is 0.209. The van der Waals surface area contributed by atoms with Crippen LogP contribution in [0.5, 0.6) is 0 Å². The minimum Gasteiger partial charge on any atom is -0.457 e. The minimum absolute atomic E-state index is 0.00247. The van der Waals surface area contributed by atoms with Gasteiger partial charge in [0.05, 0.1) is 30.2 Å². The molecule has 1 saturated heterocycles. The highest BCUT2D eigenvalue weighted by Crippen LogP contribution is 2.48. The van der Waals surface area contributed by atoms with Gasteiger partial charge in [-0.1, -0.05) is 37.4 Å². The van der Waals surface area contributed by atoms with Crippen molar-refractivity contribution in [2.45, 2.75) is 51.6 Å². The molecule has 1 aromatic carbocycles. The molecule has 9 nitrogen and oxygen atoms in total. The number of rotatable bonds is 9. The van der Waals surface area contributed by atoms with Crippen LogP contribution in [0.25, 0.3) is 5.57 Å². The molecule has 10 heteroatoms. The molecule has 1 aromatic rings. The van der Waals surface area contributed by atoms with Crippen molar-refractivity contribution in [3.8, 4) is 0 Å². The third kappa shape index (κ3) is 4.91. The van der Waals surface area contributed by atoms with Crippen LogP contribution in [0, 0.1) is 5.92 Å². The number of benzene rings is 1. The van der Waals surface area contributed by atoms with Gasteiger partial charge in [0.25, 0.3) is 0 Å². The summed E-state index contributed by atoms with van der Waals surface area (Å²) in [5.74, 6) is -1.58. The number of fused-ring (bicyclic) bond motifs is 2. The highest BCUT2D eigenvalue weighted by Gasteiger charge is 2.58. The van der Waals surface area contributed by atoms with Crippen molar-refractivity contribution in [3.63, 3.8) is 0 Å². The Morgan fingerprint density at radius 1 is 1.14 bits per heavy atom. The number of carbonyl (C=O) groups is 4. The molecule has 0 radical (unpaired) electrons. The zero-order chi connectivity index (χ0) is 27.1. The zero-order valence-corrected chi connectivity index (χ0v) is 22.6. The number of ether oxygens (including phenoxy) is 2. The van der Waals surface area contributed by atoms with Gasteiger partial charge in [0.15, 0.2) is 8.32 Å². The van der Waals surface area contributed by atoms with Crippen LogP contribution in [0.15, 0.2) is 49.2 Å². The topological polar surface area (TPSA) is 102 Å². The molecular formula is C27H32N2O7Si. The third-order valence-electron chi connectivity index (χ3n) is 6.55. The van der Waals surface area contributed by atoms with Gasteiger partial charge < -0.3 is 18.8 Å². The van der Waals surface area contributed by atoms with Crippen LogP contribution in [0.4, 0.5) is 10.5 Å². The van der Waals surface area contributed by atoms with Crippen LogP contribution in [0.1, 0.15) is 24.5 Å². The average Bonchev–Trinajstić information content (AvgIpc) is 3.33. The molecular weight excluding hydrogens is 492 g/mol. The first-order valence-electron chi connectivity index (χ1n) is 12.2. The molecule has 0 bridgehead atoms. The lowest BCUT2D eigenvalue weighted by molar-refractivity contribution is -0.161. The first-order valence-corrected chi connectivity index (χ1v) is 15.6. The minimum atomic E-state index is -1.90. The lowest BCUT2D eigenvalue weighted by Gasteiger charge is -2.47. The number of hydrogen-bond donors (Lipinski definition) is 0. The molecule has 37 heavy (non-hydrogen) atoms. The Morgan fingerprint density at radius 3 is 2.46 bits per heavy atom. The molecule has 0 aromatic heterocycles. The van der Waals surface area contributed by atoms with Crippen LogP contribution in [-0.2, 0) is 34.7 Å². The van der Waals surface area contributed by atoms with Crippen molar-refractivity contribution >= 4 is 43.5 Å². The largest absolute Gasteiger partial charge is 0.457 e. The maximum Gasteiger partial charge on any atom is 0.421 e. The normalized spacial score (nSPS) is 21.3. The van der Waals surface area contributed by atoms with Gasteiger partial charge >= 0.3 is 12.1 Å². The summed E-state index contributed by atoms with van der Waals surface area (Å²) < 4.78 is 16.6. The third-order valence-corrected chi connectivity index (χ3v) is 7.63. The predicted octanol–water partition coefficient (Wildman–Crippen LogP) is 3.81. The van der Waals surface area contributed by atoms with Gasteiger partial charge in [0, 0.05) is 0 Å². The van der Waals surface area contributed by atoms with E-state index in [1.807, 2.05) is 6.92 Å². The monoisotopic (exact) mass is 524 g/mol. The summed E-state index contributed by atoms with van der Waals surface area (Å²) in [7, 11) is -1.90. The molecule has 3 aliphatic heterocycles. The molecule has 3 atom stereocenters. The molecule has 0 spiro atoms. The van der Waals surface area contributed by atoms with Crippen LogP contribution in [-0.4, -0.2) is 62.5 Å². The van der Waals surface area contributed by atoms with Gasteiger partial charge in [-0.05, 0) is 55.8 Å². The standard InChI is InChI=1S/C27H32N2O7Si/c1-7-11-34-26(32)24-19(15-21-23(25(31)29(21)24)16(3)36-37(4,5)6)17-9-10-18-14-22(30)28(20(18)13-17)27(33)35-12-8-2/h7-10,13,16,21,23H,1-2,11-12,14-15H2,3-6H3/t16-,21-,23-/m1/s1. The number of β-lactam (4-membered cyclic amide) rings is 1. The van der Waals surface area contributed by atoms with E-state index in [-0.39, 0.29) is 49.3 Å². The summed E-state index contributed by atoms with van der Waals surface area (Å²) in [6, 6.07) is 5.01. The molecule has 0 unspecified atom stereocenters. The SMILES string of the molecule is C=CCOC(=O)C1=C(c2ccc3c(c2)N(C(=O)OCC=C)C(=O)C3)C[C@@H]2[C@@H]([C@@H](C)O[Si](C)(C)C)C(=O)N12. The maximum absolute atomic E-state index is 13.3. The van der Waals surface area contributed by atoms with E-state index in [2.05, 4.69) is 32.8 Å². The molecule has 0 saturated carbocycles. The number of nitrogens with zero attached hydrogens (tertiary/aromatic N) is 2. The number of carbonyl (C=O) groups excluding carboxylic acids is 4.